The fourth-order valence-electron chi connectivity index (χ4n) is 1.69. The molecule has 0 radical (unpaired) electrons. The van der Waals surface area contributed by atoms with Crippen molar-refractivity contribution in [2.45, 2.75) is 6.92 Å². The summed E-state index contributed by atoms with van der Waals surface area (Å²) in [6.45, 7) is 1.92. The van der Waals surface area contributed by atoms with E-state index in [0.717, 1.165) is 21.2 Å². The fraction of sp³-hybridized carbons (Fsp3) is 0.0909. The molecule has 3 aromatic rings. The Hall–Kier alpha value is -2.28. The van der Waals surface area contributed by atoms with Gasteiger partial charge in [0.1, 0.15) is 5.01 Å². The molecule has 0 aliphatic carbocycles. The maximum absolute atomic E-state index is 10.6. The summed E-state index contributed by atoms with van der Waals surface area (Å²) in [5, 5.41) is 15.8. The van der Waals surface area contributed by atoms with E-state index in [1.807, 2.05) is 13.1 Å². The Labute approximate surface area is 106 Å². The van der Waals surface area contributed by atoms with Crippen molar-refractivity contribution in [3.8, 4) is 11.3 Å². The Morgan fingerprint density at radius 3 is 2.67 bits per heavy atom. The number of aromatic nitrogens is 3. The van der Waals surface area contributed by atoms with Crippen LogP contribution >= 0.6 is 11.3 Å². The number of hydrogen-bond donors (Lipinski definition) is 0. The molecular formula is C11H8N4O2S. The molecule has 0 unspecified atom stereocenters. The van der Waals surface area contributed by atoms with Crippen LogP contribution in [0.5, 0.6) is 0 Å². The van der Waals surface area contributed by atoms with Crippen LogP contribution in [0.2, 0.25) is 0 Å². The number of aryl methyl sites for hydroxylation is 1. The van der Waals surface area contributed by atoms with Crippen molar-refractivity contribution in [2.75, 3.05) is 0 Å². The number of hydrogen-bond acceptors (Lipinski definition) is 5. The summed E-state index contributed by atoms with van der Waals surface area (Å²) in [7, 11) is 0. The summed E-state index contributed by atoms with van der Waals surface area (Å²) in [6.07, 6.45) is 1.82. The molecule has 1 aromatic carbocycles. The molecule has 18 heavy (non-hydrogen) atoms. The highest BCUT2D eigenvalue weighted by Gasteiger charge is 2.09. The first kappa shape index (κ1) is 10.8. The molecule has 0 saturated carbocycles. The highest BCUT2D eigenvalue weighted by molar-refractivity contribution is 7.16. The van der Waals surface area contributed by atoms with Gasteiger partial charge in [-0.05, 0) is 19.1 Å². The van der Waals surface area contributed by atoms with E-state index >= 15 is 0 Å². The minimum atomic E-state index is -0.416. The van der Waals surface area contributed by atoms with Gasteiger partial charge in [0, 0.05) is 17.7 Å². The molecule has 7 heteroatoms. The first-order valence-corrected chi connectivity index (χ1v) is 6.03. The van der Waals surface area contributed by atoms with Crippen molar-refractivity contribution in [3.63, 3.8) is 0 Å². The Morgan fingerprint density at radius 2 is 2.06 bits per heavy atom. The Morgan fingerprint density at radius 1 is 1.33 bits per heavy atom. The number of imidazole rings is 1. The monoisotopic (exact) mass is 260 g/mol. The second kappa shape index (κ2) is 3.88. The van der Waals surface area contributed by atoms with Crippen LogP contribution in [-0.4, -0.2) is 19.5 Å². The molecule has 0 spiro atoms. The average molecular weight is 260 g/mol. The van der Waals surface area contributed by atoms with Crippen molar-refractivity contribution in [1.82, 2.24) is 14.6 Å². The lowest BCUT2D eigenvalue weighted by Crippen LogP contribution is -1.87. The maximum atomic E-state index is 10.6. The minimum Gasteiger partial charge on any atom is -0.258 e. The summed E-state index contributed by atoms with van der Waals surface area (Å²) in [5.41, 5.74) is 1.69. The fourth-order valence-corrected chi connectivity index (χ4v) is 2.42. The molecule has 0 aliphatic heterocycles. The molecule has 0 amide bonds. The highest BCUT2D eigenvalue weighted by Crippen LogP contribution is 2.23. The lowest BCUT2D eigenvalue weighted by atomic mass is 10.1. The third-order valence-corrected chi connectivity index (χ3v) is 3.36. The average Bonchev–Trinajstić information content (AvgIpc) is 2.86. The van der Waals surface area contributed by atoms with E-state index < -0.39 is 4.92 Å². The summed E-state index contributed by atoms with van der Waals surface area (Å²) in [5.74, 6) is 0. The van der Waals surface area contributed by atoms with Crippen LogP contribution in [0.1, 0.15) is 5.01 Å². The van der Waals surface area contributed by atoms with Crippen LogP contribution in [0.4, 0.5) is 5.69 Å². The van der Waals surface area contributed by atoms with Crippen molar-refractivity contribution in [2.24, 2.45) is 0 Å². The summed E-state index contributed by atoms with van der Waals surface area (Å²) < 4.78 is 1.72. The van der Waals surface area contributed by atoms with E-state index in [1.54, 1.807) is 16.6 Å². The van der Waals surface area contributed by atoms with Gasteiger partial charge in [-0.1, -0.05) is 11.3 Å². The zero-order chi connectivity index (χ0) is 12.7. The topological polar surface area (TPSA) is 73.3 Å². The molecule has 2 aromatic heterocycles. The van der Waals surface area contributed by atoms with Crippen molar-refractivity contribution in [1.29, 1.82) is 0 Å². The predicted molar refractivity (Wildman–Crippen MR) is 67.7 cm³/mol. The van der Waals surface area contributed by atoms with Gasteiger partial charge in [0.25, 0.3) is 5.69 Å². The zero-order valence-corrected chi connectivity index (χ0v) is 10.2. The van der Waals surface area contributed by atoms with Crippen LogP contribution < -0.4 is 0 Å². The minimum absolute atomic E-state index is 0.0775. The molecule has 0 N–H and O–H groups in total. The quantitative estimate of drug-likeness (QED) is 0.524. The van der Waals surface area contributed by atoms with Gasteiger partial charge in [-0.15, -0.1) is 0 Å². The highest BCUT2D eigenvalue weighted by atomic mass is 32.1. The number of nitro groups is 1. The van der Waals surface area contributed by atoms with Gasteiger partial charge in [0.05, 0.1) is 16.8 Å². The summed E-state index contributed by atoms with van der Waals surface area (Å²) in [6, 6.07) is 6.33. The van der Waals surface area contributed by atoms with Gasteiger partial charge < -0.3 is 0 Å². The first-order valence-electron chi connectivity index (χ1n) is 5.21. The number of nitro benzene ring substituents is 1. The lowest BCUT2D eigenvalue weighted by molar-refractivity contribution is -0.384. The van der Waals surface area contributed by atoms with Crippen LogP contribution in [0.15, 0.2) is 30.5 Å². The molecule has 0 fully saturated rings. The van der Waals surface area contributed by atoms with Gasteiger partial charge in [-0.2, -0.15) is 5.10 Å². The summed E-state index contributed by atoms with van der Waals surface area (Å²) >= 11 is 1.51. The standard InChI is InChI=1S/C11H8N4O2S/c1-7-13-14-6-10(12-11(14)18-7)8-2-4-9(5-3-8)15(16)17/h2-6H,1H3. The van der Waals surface area contributed by atoms with E-state index in [9.17, 15) is 10.1 Å². The smallest absolute Gasteiger partial charge is 0.258 e. The largest absolute Gasteiger partial charge is 0.269 e. The second-order valence-electron chi connectivity index (χ2n) is 3.78. The van der Waals surface area contributed by atoms with Crippen molar-refractivity contribution >= 4 is 22.0 Å². The van der Waals surface area contributed by atoms with Crippen molar-refractivity contribution < 1.29 is 4.92 Å². The lowest BCUT2D eigenvalue weighted by Gasteiger charge is -1.95. The molecular weight excluding hydrogens is 252 g/mol. The predicted octanol–water partition coefficient (Wildman–Crippen LogP) is 2.67. The van der Waals surface area contributed by atoms with Gasteiger partial charge in [0.15, 0.2) is 0 Å². The molecule has 2 heterocycles. The molecule has 0 atom stereocenters. The van der Waals surface area contributed by atoms with Crippen LogP contribution in [0, 0.1) is 17.0 Å². The van der Waals surface area contributed by atoms with Gasteiger partial charge in [0.2, 0.25) is 4.96 Å². The van der Waals surface area contributed by atoms with Crippen LogP contribution in [-0.2, 0) is 0 Å². The van der Waals surface area contributed by atoms with E-state index in [1.165, 1.54) is 23.5 Å². The van der Waals surface area contributed by atoms with Gasteiger partial charge in [-0.25, -0.2) is 9.50 Å². The van der Waals surface area contributed by atoms with E-state index in [-0.39, 0.29) is 5.69 Å². The van der Waals surface area contributed by atoms with E-state index in [0.29, 0.717) is 0 Å². The number of benzene rings is 1. The second-order valence-corrected chi connectivity index (χ2v) is 4.94. The SMILES string of the molecule is Cc1nn2cc(-c3ccc([N+](=O)[O-])cc3)nc2s1. The van der Waals surface area contributed by atoms with Gasteiger partial charge in [-0.3, -0.25) is 10.1 Å². The summed E-state index contributed by atoms with van der Waals surface area (Å²) in [4.78, 5) is 15.4. The Bertz CT molecular complexity index is 698. The van der Waals surface area contributed by atoms with E-state index in [2.05, 4.69) is 10.1 Å². The number of nitrogens with zero attached hydrogens (tertiary/aromatic N) is 4. The normalized spacial score (nSPS) is 10.9. The van der Waals surface area contributed by atoms with Crippen molar-refractivity contribution in [3.05, 3.63) is 45.6 Å². The Balaban J connectivity index is 2.02. The van der Waals surface area contributed by atoms with E-state index in [4.69, 9.17) is 0 Å². The third-order valence-electron chi connectivity index (χ3n) is 2.52. The number of rotatable bonds is 2. The molecule has 3 rings (SSSR count). The molecule has 90 valence electrons. The molecule has 0 bridgehead atoms. The molecule has 0 aliphatic rings. The zero-order valence-electron chi connectivity index (χ0n) is 9.40. The number of non-ortho nitro benzene ring substituents is 1. The first-order chi connectivity index (χ1) is 8.63. The third kappa shape index (κ3) is 1.74. The van der Waals surface area contributed by atoms with Crippen LogP contribution in [0.3, 0.4) is 0 Å². The molecule has 6 nitrogen and oxygen atoms in total. The molecule has 0 saturated heterocycles. The number of fused-ring (bicyclic) bond motifs is 1. The Kier molecular flexibility index (Phi) is 2.34. The maximum Gasteiger partial charge on any atom is 0.269 e. The van der Waals surface area contributed by atoms with Gasteiger partial charge >= 0.3 is 0 Å². The van der Waals surface area contributed by atoms with Crippen LogP contribution in [0.25, 0.3) is 16.2 Å².